The van der Waals surface area contributed by atoms with Gasteiger partial charge in [-0.05, 0) is 19.2 Å². The van der Waals surface area contributed by atoms with Crippen LogP contribution in [0.3, 0.4) is 0 Å². The molecule has 1 aromatic rings. The molecule has 1 aromatic carbocycles. The number of nitrogens with zero attached hydrogens (tertiary/aromatic N) is 1. The second kappa shape index (κ2) is 4.95. The van der Waals surface area contributed by atoms with Crippen LogP contribution >= 0.6 is 11.6 Å². The molecule has 0 aliphatic carbocycles. The fourth-order valence-electron chi connectivity index (χ4n) is 1.30. The summed E-state index contributed by atoms with van der Waals surface area (Å²) in [7, 11) is 3.08. The number of nitrogens with one attached hydrogen (secondary N) is 1. The second-order valence-electron chi connectivity index (χ2n) is 2.86. The first kappa shape index (κ1) is 11.7. The van der Waals surface area contributed by atoms with E-state index in [0.717, 1.165) is 0 Å². The molecule has 0 saturated heterocycles. The van der Waals surface area contributed by atoms with Gasteiger partial charge in [-0.15, -0.1) is 0 Å². The third-order valence-electron chi connectivity index (χ3n) is 1.94. The molecule has 0 atom stereocenters. The van der Waals surface area contributed by atoms with Gasteiger partial charge in [0.25, 0.3) is 0 Å². The molecule has 0 saturated carbocycles. The van der Waals surface area contributed by atoms with Crippen LogP contribution in [0, 0.1) is 10.1 Å². The maximum Gasteiger partial charge on any atom is 0.316 e. The molecule has 82 valence electrons. The van der Waals surface area contributed by atoms with Crippen molar-refractivity contribution in [1.29, 1.82) is 0 Å². The van der Waals surface area contributed by atoms with Crippen LogP contribution in [-0.2, 0) is 6.54 Å². The van der Waals surface area contributed by atoms with Gasteiger partial charge in [0.1, 0.15) is 0 Å². The number of methoxy groups -OCH3 is 1. The van der Waals surface area contributed by atoms with E-state index < -0.39 is 4.92 Å². The van der Waals surface area contributed by atoms with Crippen molar-refractivity contribution in [3.05, 3.63) is 32.8 Å². The van der Waals surface area contributed by atoms with Gasteiger partial charge in [0.2, 0.25) is 0 Å². The molecular weight excluding hydrogens is 220 g/mol. The number of hydrogen-bond donors (Lipinski definition) is 1. The van der Waals surface area contributed by atoms with Crippen molar-refractivity contribution in [3.63, 3.8) is 0 Å². The van der Waals surface area contributed by atoms with Crippen LogP contribution < -0.4 is 10.1 Å². The minimum absolute atomic E-state index is 0.0839. The van der Waals surface area contributed by atoms with E-state index >= 15 is 0 Å². The lowest BCUT2D eigenvalue weighted by Crippen LogP contribution is -2.09. The fourth-order valence-corrected chi connectivity index (χ4v) is 1.52. The summed E-state index contributed by atoms with van der Waals surface area (Å²) >= 11 is 5.88. The van der Waals surface area contributed by atoms with E-state index in [2.05, 4.69) is 5.32 Å². The predicted molar refractivity (Wildman–Crippen MR) is 57.4 cm³/mol. The molecular formula is C9H11ClN2O3. The smallest absolute Gasteiger partial charge is 0.316 e. The Labute approximate surface area is 92.1 Å². The zero-order valence-corrected chi connectivity index (χ0v) is 9.17. The largest absolute Gasteiger partial charge is 0.490 e. The van der Waals surface area contributed by atoms with Gasteiger partial charge in [-0.25, -0.2) is 0 Å². The molecule has 0 aliphatic heterocycles. The number of nitro groups is 1. The number of nitro benzene ring substituents is 1. The summed E-state index contributed by atoms with van der Waals surface area (Å²) < 4.78 is 4.92. The van der Waals surface area contributed by atoms with Crippen LogP contribution in [0.1, 0.15) is 5.56 Å². The predicted octanol–water partition coefficient (Wildman–Crippen LogP) is 1.98. The molecule has 0 bridgehead atoms. The summed E-state index contributed by atoms with van der Waals surface area (Å²) in [6.07, 6.45) is 0. The Morgan fingerprint density at radius 3 is 2.73 bits per heavy atom. The van der Waals surface area contributed by atoms with Gasteiger partial charge >= 0.3 is 5.69 Å². The van der Waals surface area contributed by atoms with Crippen LogP contribution in [-0.4, -0.2) is 19.1 Å². The molecule has 0 spiro atoms. The molecule has 0 fully saturated rings. The summed E-state index contributed by atoms with van der Waals surface area (Å²) in [6, 6.07) is 3.07. The Kier molecular flexibility index (Phi) is 3.88. The first-order valence-electron chi connectivity index (χ1n) is 4.26. The number of rotatable bonds is 4. The molecule has 1 rings (SSSR count). The van der Waals surface area contributed by atoms with Crippen LogP contribution in [0.4, 0.5) is 5.69 Å². The minimum atomic E-state index is -0.489. The number of hydrogen-bond acceptors (Lipinski definition) is 4. The summed E-state index contributed by atoms with van der Waals surface area (Å²) in [6.45, 7) is 0.326. The molecule has 0 heterocycles. The number of benzene rings is 1. The summed E-state index contributed by atoms with van der Waals surface area (Å²) in [5.41, 5.74) is 0.350. The highest BCUT2D eigenvalue weighted by Gasteiger charge is 2.22. The van der Waals surface area contributed by atoms with Gasteiger partial charge in [0.15, 0.2) is 5.75 Å². The number of halogens is 1. The quantitative estimate of drug-likeness (QED) is 0.635. The zero-order chi connectivity index (χ0) is 11.4. The first-order chi connectivity index (χ1) is 7.11. The summed E-state index contributed by atoms with van der Waals surface area (Å²) in [5.74, 6) is 0.217. The van der Waals surface area contributed by atoms with Crippen LogP contribution in [0.5, 0.6) is 5.75 Å². The van der Waals surface area contributed by atoms with Crippen molar-refractivity contribution in [2.75, 3.05) is 14.2 Å². The van der Waals surface area contributed by atoms with Gasteiger partial charge in [-0.3, -0.25) is 10.1 Å². The van der Waals surface area contributed by atoms with Crippen LogP contribution in [0.15, 0.2) is 12.1 Å². The van der Waals surface area contributed by atoms with E-state index in [4.69, 9.17) is 16.3 Å². The van der Waals surface area contributed by atoms with Gasteiger partial charge in [-0.1, -0.05) is 11.6 Å². The Hall–Kier alpha value is -1.33. The average molecular weight is 231 g/mol. The molecule has 15 heavy (non-hydrogen) atoms. The van der Waals surface area contributed by atoms with Gasteiger partial charge in [0, 0.05) is 6.54 Å². The van der Waals surface area contributed by atoms with Crippen molar-refractivity contribution < 1.29 is 9.66 Å². The van der Waals surface area contributed by atoms with E-state index in [1.807, 2.05) is 0 Å². The topological polar surface area (TPSA) is 64.4 Å². The molecule has 0 aromatic heterocycles. The molecule has 1 N–H and O–H groups in total. The monoisotopic (exact) mass is 230 g/mol. The van der Waals surface area contributed by atoms with Crippen molar-refractivity contribution in [2.45, 2.75) is 6.54 Å². The average Bonchev–Trinajstić information content (AvgIpc) is 2.20. The zero-order valence-electron chi connectivity index (χ0n) is 8.41. The van der Waals surface area contributed by atoms with Crippen molar-refractivity contribution in [1.82, 2.24) is 5.32 Å². The Morgan fingerprint density at radius 2 is 2.27 bits per heavy atom. The van der Waals surface area contributed by atoms with Gasteiger partial charge in [-0.2, -0.15) is 0 Å². The number of ether oxygens (including phenoxy) is 1. The van der Waals surface area contributed by atoms with E-state index in [9.17, 15) is 10.1 Å². The Bertz CT molecular complexity index is 382. The van der Waals surface area contributed by atoms with E-state index in [1.165, 1.54) is 13.2 Å². The highest BCUT2D eigenvalue weighted by molar-refractivity contribution is 6.31. The minimum Gasteiger partial charge on any atom is -0.490 e. The highest BCUT2D eigenvalue weighted by atomic mass is 35.5. The maximum absolute atomic E-state index is 10.9. The van der Waals surface area contributed by atoms with Crippen LogP contribution in [0.25, 0.3) is 0 Å². The van der Waals surface area contributed by atoms with E-state index in [-0.39, 0.29) is 11.4 Å². The lowest BCUT2D eigenvalue weighted by molar-refractivity contribution is -0.386. The lowest BCUT2D eigenvalue weighted by Gasteiger charge is -2.08. The van der Waals surface area contributed by atoms with E-state index in [1.54, 1.807) is 13.1 Å². The Balaban J connectivity index is 3.36. The Morgan fingerprint density at radius 1 is 1.60 bits per heavy atom. The molecule has 0 amide bonds. The fraction of sp³-hybridized carbons (Fsp3) is 0.333. The molecule has 5 nitrogen and oxygen atoms in total. The summed E-state index contributed by atoms with van der Waals surface area (Å²) in [4.78, 5) is 10.4. The normalized spacial score (nSPS) is 10.1. The van der Waals surface area contributed by atoms with Gasteiger partial charge < -0.3 is 10.1 Å². The SMILES string of the molecule is CNCc1c(Cl)ccc(OC)c1[N+](=O)[O-]. The maximum atomic E-state index is 10.9. The highest BCUT2D eigenvalue weighted by Crippen LogP contribution is 2.35. The van der Waals surface area contributed by atoms with E-state index in [0.29, 0.717) is 17.1 Å². The molecule has 0 aliphatic rings. The van der Waals surface area contributed by atoms with Crippen molar-refractivity contribution in [3.8, 4) is 5.75 Å². The molecule has 0 unspecified atom stereocenters. The van der Waals surface area contributed by atoms with Crippen molar-refractivity contribution in [2.24, 2.45) is 0 Å². The third kappa shape index (κ3) is 2.37. The molecule has 6 heteroatoms. The van der Waals surface area contributed by atoms with Crippen LogP contribution in [0.2, 0.25) is 5.02 Å². The van der Waals surface area contributed by atoms with Gasteiger partial charge in [0.05, 0.1) is 22.6 Å². The standard InChI is InChI=1S/C9H11ClN2O3/c1-11-5-6-7(10)3-4-8(15-2)9(6)12(13)14/h3-4,11H,5H2,1-2H3. The molecule has 0 radical (unpaired) electrons. The second-order valence-corrected chi connectivity index (χ2v) is 3.27. The summed E-state index contributed by atoms with van der Waals surface area (Å²) in [5, 5.41) is 14.1. The van der Waals surface area contributed by atoms with Crippen molar-refractivity contribution >= 4 is 17.3 Å². The first-order valence-corrected chi connectivity index (χ1v) is 4.64. The third-order valence-corrected chi connectivity index (χ3v) is 2.30. The lowest BCUT2D eigenvalue weighted by atomic mass is 10.1.